The summed E-state index contributed by atoms with van der Waals surface area (Å²) in [7, 11) is 0. The van der Waals surface area contributed by atoms with Crippen LogP contribution in [0.25, 0.3) is 0 Å². The summed E-state index contributed by atoms with van der Waals surface area (Å²) in [6.45, 7) is 0.313. The Bertz CT molecular complexity index is 459. The van der Waals surface area contributed by atoms with Gasteiger partial charge in [0, 0.05) is 0 Å². The molecule has 4 nitrogen and oxygen atoms in total. The van der Waals surface area contributed by atoms with Gasteiger partial charge in [0.1, 0.15) is 0 Å². The zero-order valence-corrected chi connectivity index (χ0v) is 10.8. The fourth-order valence-electron chi connectivity index (χ4n) is 2.22. The number of fused-ring (bicyclic) bond motifs is 1. The number of cyclic esters (lactones) is 1. The summed E-state index contributed by atoms with van der Waals surface area (Å²) in [6.07, 6.45) is 0.350. The van der Waals surface area contributed by atoms with E-state index in [0.717, 1.165) is 4.46 Å². The second-order valence-electron chi connectivity index (χ2n) is 4.19. The van der Waals surface area contributed by atoms with Gasteiger partial charge in [-0.3, -0.25) is 0 Å². The predicted octanol–water partition coefficient (Wildman–Crippen LogP) is 0.185. The van der Waals surface area contributed by atoms with Gasteiger partial charge in [0.2, 0.25) is 0 Å². The van der Waals surface area contributed by atoms with Gasteiger partial charge in [0.25, 0.3) is 0 Å². The summed E-state index contributed by atoms with van der Waals surface area (Å²) in [6, 6.07) is 9.34. The Hall–Kier alpha value is -1.03. The Balaban J connectivity index is 1.76. The van der Waals surface area contributed by atoms with Crippen molar-refractivity contribution in [2.75, 3.05) is 6.61 Å². The molecular formula is C12H12O4Se. The molecule has 3 rings (SSSR count). The van der Waals surface area contributed by atoms with Gasteiger partial charge in [-0.2, -0.15) is 0 Å². The fourth-order valence-corrected chi connectivity index (χ4v) is 5.07. The molecule has 1 aromatic carbocycles. The van der Waals surface area contributed by atoms with Crippen molar-refractivity contribution in [2.24, 2.45) is 5.92 Å². The molecule has 1 aromatic rings. The van der Waals surface area contributed by atoms with Crippen molar-refractivity contribution in [3.8, 4) is 0 Å². The van der Waals surface area contributed by atoms with Crippen LogP contribution in [0.2, 0.25) is 0 Å². The molecule has 2 heterocycles. The molecule has 0 aromatic heterocycles. The molecule has 2 aliphatic rings. The minimum absolute atomic E-state index is 0.184. The van der Waals surface area contributed by atoms with Gasteiger partial charge in [-0.05, 0) is 0 Å². The number of rotatable bonds is 2. The van der Waals surface area contributed by atoms with Crippen LogP contribution in [0.1, 0.15) is 6.42 Å². The van der Waals surface area contributed by atoms with Crippen LogP contribution < -0.4 is 4.46 Å². The summed E-state index contributed by atoms with van der Waals surface area (Å²) in [4.78, 5) is 11.4. The fraction of sp³-hybridized carbons (Fsp3) is 0.417. The van der Waals surface area contributed by atoms with E-state index in [1.165, 1.54) is 0 Å². The molecular weight excluding hydrogens is 287 g/mol. The van der Waals surface area contributed by atoms with E-state index in [1.54, 1.807) is 0 Å². The van der Waals surface area contributed by atoms with Gasteiger partial charge in [0.15, 0.2) is 0 Å². The first-order valence-electron chi connectivity index (χ1n) is 5.53. The molecule has 17 heavy (non-hydrogen) atoms. The van der Waals surface area contributed by atoms with Crippen LogP contribution in [-0.4, -0.2) is 37.5 Å². The average Bonchev–Trinajstić information content (AvgIpc) is 2.92. The molecule has 0 saturated carbocycles. The Morgan fingerprint density at radius 2 is 2.00 bits per heavy atom. The molecule has 1 unspecified atom stereocenters. The summed E-state index contributed by atoms with van der Waals surface area (Å²) in [5.41, 5.74) is 0. The molecule has 2 saturated heterocycles. The Morgan fingerprint density at radius 1 is 1.24 bits per heavy atom. The molecule has 0 aliphatic carbocycles. The SMILES string of the molecule is O=C1OC[C@H]2O[C@H]([Se](=O)c3ccccc3)C[C@@H]12. The normalized spacial score (nSPS) is 33.2. The van der Waals surface area contributed by atoms with E-state index < -0.39 is 13.8 Å². The first kappa shape index (κ1) is 11.1. The van der Waals surface area contributed by atoms with Gasteiger partial charge in [-0.25, -0.2) is 0 Å². The van der Waals surface area contributed by atoms with Gasteiger partial charge < -0.3 is 0 Å². The van der Waals surface area contributed by atoms with Gasteiger partial charge in [-0.1, -0.05) is 0 Å². The molecule has 4 atom stereocenters. The van der Waals surface area contributed by atoms with E-state index in [0.29, 0.717) is 13.0 Å². The number of benzene rings is 1. The van der Waals surface area contributed by atoms with Crippen LogP contribution >= 0.6 is 0 Å². The maximum atomic E-state index is 12.3. The molecule has 0 spiro atoms. The summed E-state index contributed by atoms with van der Waals surface area (Å²) in [5.74, 6) is -0.409. The van der Waals surface area contributed by atoms with E-state index in [1.807, 2.05) is 30.3 Å². The standard InChI is InChI=1S/C12H12O4Se/c13-12-9-6-11(16-10(9)7-15-12)17(14)8-4-2-1-3-5-8/h1-5,9-11H,6-7H2/t9-,10-,11-,17?/m1/s1. The van der Waals surface area contributed by atoms with Crippen molar-refractivity contribution in [1.82, 2.24) is 0 Å². The zero-order chi connectivity index (χ0) is 11.8. The first-order chi connectivity index (χ1) is 8.25. The predicted molar refractivity (Wildman–Crippen MR) is 60.2 cm³/mol. The Kier molecular flexibility index (Phi) is 2.82. The van der Waals surface area contributed by atoms with Crippen molar-refractivity contribution in [3.05, 3.63) is 30.3 Å². The minimum atomic E-state index is -2.23. The van der Waals surface area contributed by atoms with Crippen LogP contribution in [0, 0.1) is 5.92 Å². The van der Waals surface area contributed by atoms with Gasteiger partial charge in [-0.15, -0.1) is 0 Å². The molecule has 5 heteroatoms. The van der Waals surface area contributed by atoms with Crippen molar-refractivity contribution < 1.29 is 18.1 Å². The topological polar surface area (TPSA) is 52.6 Å². The van der Waals surface area contributed by atoms with Crippen LogP contribution in [-0.2, 0) is 18.1 Å². The molecule has 0 bridgehead atoms. The molecule has 0 N–H and O–H groups in total. The van der Waals surface area contributed by atoms with E-state index in [4.69, 9.17) is 9.47 Å². The van der Waals surface area contributed by atoms with Crippen LogP contribution in [0.4, 0.5) is 0 Å². The van der Waals surface area contributed by atoms with Gasteiger partial charge in [0.05, 0.1) is 0 Å². The molecule has 0 radical (unpaired) electrons. The van der Waals surface area contributed by atoms with Crippen LogP contribution in [0.3, 0.4) is 0 Å². The average molecular weight is 299 g/mol. The zero-order valence-electron chi connectivity index (χ0n) is 9.07. The van der Waals surface area contributed by atoms with Crippen molar-refractivity contribution >= 4 is 24.3 Å². The number of carbonyl (C=O) groups is 1. The number of hydrogen-bond acceptors (Lipinski definition) is 4. The summed E-state index contributed by atoms with van der Waals surface area (Å²) in [5, 5.41) is -0.291. The molecule has 90 valence electrons. The van der Waals surface area contributed by atoms with Crippen molar-refractivity contribution in [1.29, 1.82) is 0 Å². The number of ether oxygens (including phenoxy) is 2. The van der Waals surface area contributed by atoms with Crippen LogP contribution in [0.5, 0.6) is 0 Å². The van der Waals surface area contributed by atoms with E-state index in [-0.39, 0.29) is 23.0 Å². The van der Waals surface area contributed by atoms with Gasteiger partial charge >= 0.3 is 103 Å². The van der Waals surface area contributed by atoms with E-state index in [2.05, 4.69) is 0 Å². The summed E-state index contributed by atoms with van der Waals surface area (Å²) < 4.78 is 23.7. The first-order valence-corrected chi connectivity index (χ1v) is 8.08. The second-order valence-corrected chi connectivity index (χ2v) is 7.53. The molecule has 0 amide bonds. The molecule has 2 fully saturated rings. The maximum absolute atomic E-state index is 12.3. The van der Waals surface area contributed by atoms with Crippen molar-refractivity contribution in [2.45, 2.75) is 17.5 Å². The number of esters is 1. The third-order valence-corrected chi connectivity index (χ3v) is 6.31. The third kappa shape index (κ3) is 1.95. The Morgan fingerprint density at radius 3 is 2.71 bits per heavy atom. The Labute approximate surface area is 103 Å². The third-order valence-electron chi connectivity index (χ3n) is 3.13. The van der Waals surface area contributed by atoms with Crippen molar-refractivity contribution in [3.63, 3.8) is 0 Å². The van der Waals surface area contributed by atoms with Crippen LogP contribution in [0.15, 0.2) is 30.3 Å². The second kappa shape index (κ2) is 4.33. The monoisotopic (exact) mass is 300 g/mol. The summed E-state index contributed by atoms with van der Waals surface area (Å²) >= 11 is -2.23. The quantitative estimate of drug-likeness (QED) is 0.578. The van der Waals surface area contributed by atoms with E-state index in [9.17, 15) is 8.63 Å². The number of carbonyl (C=O) groups excluding carboxylic acids is 1. The molecule has 2 aliphatic heterocycles. The number of hydrogen-bond donors (Lipinski definition) is 0. The van der Waals surface area contributed by atoms with E-state index >= 15 is 0 Å².